The molecule has 0 bridgehead atoms. The van der Waals surface area contributed by atoms with Crippen molar-refractivity contribution in [3.63, 3.8) is 0 Å². The van der Waals surface area contributed by atoms with E-state index in [9.17, 15) is 4.79 Å². The number of nitrogens with one attached hydrogen (secondary N) is 1. The van der Waals surface area contributed by atoms with Crippen LogP contribution in [0.25, 0.3) is 22.4 Å². The van der Waals surface area contributed by atoms with Crippen LogP contribution in [0.3, 0.4) is 0 Å². The maximum absolute atomic E-state index is 12.9. The molecule has 2 heterocycles. The average molecular weight is 448 g/mol. The van der Waals surface area contributed by atoms with Gasteiger partial charge in [-0.05, 0) is 54.5 Å². The van der Waals surface area contributed by atoms with Gasteiger partial charge in [0.1, 0.15) is 5.75 Å². The highest BCUT2D eigenvalue weighted by atomic mass is 16.5. The number of benzene rings is 1. The number of hydrogen-bond donors (Lipinski definition) is 1. The summed E-state index contributed by atoms with van der Waals surface area (Å²) in [4.78, 5) is 17.0. The summed E-state index contributed by atoms with van der Waals surface area (Å²) in [6, 6.07) is 5.82. The van der Waals surface area contributed by atoms with Crippen LogP contribution in [0.1, 0.15) is 57.4 Å². The van der Waals surface area contributed by atoms with E-state index in [1.54, 1.807) is 19.4 Å². The Labute approximate surface area is 195 Å². The first-order valence-corrected chi connectivity index (χ1v) is 11.0. The smallest absolute Gasteiger partial charge is 0.308 e. The van der Waals surface area contributed by atoms with Crippen molar-refractivity contribution in [3.05, 3.63) is 64.0 Å². The largest absolute Gasteiger partial charge is 0.496 e. The van der Waals surface area contributed by atoms with E-state index in [0.717, 1.165) is 40.0 Å². The number of methoxy groups -OCH3 is 2. The molecule has 0 radical (unpaired) electrons. The number of ether oxygens (including phenoxy) is 2. The highest BCUT2D eigenvalue weighted by molar-refractivity contribution is 6.13. The monoisotopic (exact) mass is 447 g/mol. The summed E-state index contributed by atoms with van der Waals surface area (Å²) in [6.07, 6.45) is 6.30. The molecule has 1 aromatic carbocycles. The number of nitrogens with zero attached hydrogens (tertiary/aromatic N) is 2. The summed E-state index contributed by atoms with van der Waals surface area (Å²) in [5.74, 6) is 0.675. The van der Waals surface area contributed by atoms with Gasteiger partial charge in [-0.15, -0.1) is 0 Å². The van der Waals surface area contributed by atoms with Crippen LogP contribution in [0.4, 0.5) is 0 Å². The van der Waals surface area contributed by atoms with Gasteiger partial charge in [0, 0.05) is 41.2 Å². The van der Waals surface area contributed by atoms with Gasteiger partial charge < -0.3 is 14.0 Å². The van der Waals surface area contributed by atoms with Crippen LogP contribution in [0.2, 0.25) is 0 Å². The van der Waals surface area contributed by atoms with Crippen molar-refractivity contribution >= 4 is 23.4 Å². The Morgan fingerprint density at radius 2 is 1.94 bits per heavy atom. The lowest BCUT2D eigenvalue weighted by Gasteiger charge is -2.39. The SMILES string of the molecule is C=C(C)c1cn2c(cc1=O)-c1cc(OC)c(/C(C=NC(=N)OC)=C/C)cc1CC2C(C)(C)C. The third-order valence-electron chi connectivity index (χ3n) is 6.13. The van der Waals surface area contributed by atoms with E-state index in [4.69, 9.17) is 14.9 Å². The lowest BCUT2D eigenvalue weighted by molar-refractivity contribution is 0.237. The molecule has 0 aliphatic carbocycles. The molecule has 0 amide bonds. The molecule has 6 nitrogen and oxygen atoms in total. The molecular formula is C27H33N3O3. The van der Waals surface area contributed by atoms with E-state index in [2.05, 4.69) is 43.0 Å². The lowest BCUT2D eigenvalue weighted by Crippen LogP contribution is -2.32. The van der Waals surface area contributed by atoms with E-state index < -0.39 is 0 Å². The number of aliphatic imine (C=N–C) groups is 1. The van der Waals surface area contributed by atoms with Gasteiger partial charge in [-0.25, -0.2) is 10.4 Å². The molecule has 3 rings (SSSR count). The molecule has 1 aliphatic heterocycles. The van der Waals surface area contributed by atoms with Crippen LogP contribution in [0, 0.1) is 10.8 Å². The zero-order chi connectivity index (χ0) is 24.5. The molecule has 1 atom stereocenters. The van der Waals surface area contributed by atoms with Crippen LogP contribution < -0.4 is 10.2 Å². The van der Waals surface area contributed by atoms with Gasteiger partial charge in [-0.1, -0.05) is 33.4 Å². The van der Waals surface area contributed by atoms with E-state index in [1.807, 2.05) is 32.2 Å². The molecule has 6 heteroatoms. The van der Waals surface area contributed by atoms with Gasteiger partial charge in [0.05, 0.1) is 19.9 Å². The third-order valence-corrected chi connectivity index (χ3v) is 6.13. The highest BCUT2D eigenvalue weighted by Gasteiger charge is 2.33. The normalized spacial score (nSPS) is 15.7. The average Bonchev–Trinajstić information content (AvgIpc) is 2.76. The second-order valence-electron chi connectivity index (χ2n) is 9.43. The zero-order valence-corrected chi connectivity index (χ0v) is 20.6. The van der Waals surface area contributed by atoms with Crippen LogP contribution in [-0.2, 0) is 11.2 Å². The second-order valence-corrected chi connectivity index (χ2v) is 9.43. The predicted molar refractivity (Wildman–Crippen MR) is 136 cm³/mol. The molecule has 1 aliphatic rings. The minimum absolute atomic E-state index is 0.0309. The van der Waals surface area contributed by atoms with Crippen molar-refractivity contribution in [3.8, 4) is 17.0 Å². The Hall–Kier alpha value is -3.41. The van der Waals surface area contributed by atoms with Crippen molar-refractivity contribution < 1.29 is 9.47 Å². The van der Waals surface area contributed by atoms with Crippen molar-refractivity contribution in [2.45, 2.75) is 47.1 Å². The second kappa shape index (κ2) is 9.22. The molecule has 1 N–H and O–H groups in total. The molecule has 0 saturated carbocycles. The van der Waals surface area contributed by atoms with Crippen LogP contribution in [-0.4, -0.2) is 31.0 Å². The number of allylic oxidation sites excluding steroid dienone is 3. The van der Waals surface area contributed by atoms with Crippen molar-refractivity contribution in [1.82, 2.24) is 4.57 Å². The predicted octanol–water partition coefficient (Wildman–Crippen LogP) is 5.76. The van der Waals surface area contributed by atoms with Crippen LogP contribution in [0.5, 0.6) is 5.75 Å². The fourth-order valence-electron chi connectivity index (χ4n) is 4.28. The summed E-state index contributed by atoms with van der Waals surface area (Å²) in [7, 11) is 3.05. The van der Waals surface area contributed by atoms with E-state index in [-0.39, 0.29) is 22.9 Å². The minimum atomic E-state index is -0.166. The highest BCUT2D eigenvalue weighted by Crippen LogP contribution is 2.45. The number of rotatable bonds is 4. The molecule has 174 valence electrons. The van der Waals surface area contributed by atoms with E-state index >= 15 is 0 Å². The Balaban J connectivity index is 2.27. The maximum atomic E-state index is 12.9. The third kappa shape index (κ3) is 4.70. The van der Waals surface area contributed by atoms with Gasteiger partial charge >= 0.3 is 6.02 Å². The Morgan fingerprint density at radius 3 is 2.48 bits per heavy atom. The number of aromatic nitrogens is 1. The number of pyridine rings is 1. The quantitative estimate of drug-likeness (QED) is 0.478. The first-order valence-electron chi connectivity index (χ1n) is 11.0. The Kier molecular flexibility index (Phi) is 6.77. The van der Waals surface area contributed by atoms with Gasteiger partial charge in [-0.3, -0.25) is 4.79 Å². The molecular weight excluding hydrogens is 414 g/mol. The summed E-state index contributed by atoms with van der Waals surface area (Å²) in [6.45, 7) is 14.4. The zero-order valence-electron chi connectivity index (χ0n) is 20.6. The van der Waals surface area contributed by atoms with Gasteiger partial charge in [0.15, 0.2) is 5.43 Å². The number of hydrogen-bond acceptors (Lipinski definition) is 4. The summed E-state index contributed by atoms with van der Waals surface area (Å²) in [5.41, 5.74) is 6.06. The van der Waals surface area contributed by atoms with Gasteiger partial charge in [-0.2, -0.15) is 0 Å². The summed E-state index contributed by atoms with van der Waals surface area (Å²) in [5, 5.41) is 7.64. The van der Waals surface area contributed by atoms with Crippen LogP contribution in [0.15, 0.2) is 46.8 Å². The molecule has 0 fully saturated rings. The topological polar surface area (TPSA) is 76.7 Å². The Morgan fingerprint density at radius 1 is 1.24 bits per heavy atom. The minimum Gasteiger partial charge on any atom is -0.496 e. The number of amidine groups is 1. The molecule has 0 spiro atoms. The standard InChI is InChI=1S/C27H33N3O3/c1-9-17(14-29-26(28)33-8)20-10-18-11-25(27(4,5)6)30-15-21(16(2)3)23(31)13-22(30)19(18)12-24(20)32-7/h9-10,12-15,25,28H,2,11H2,1,3-8H3/b17-9+,28-26?,29-14?. The van der Waals surface area contributed by atoms with Crippen LogP contribution >= 0.6 is 0 Å². The van der Waals surface area contributed by atoms with E-state index in [0.29, 0.717) is 11.3 Å². The molecule has 1 aromatic heterocycles. The van der Waals surface area contributed by atoms with E-state index in [1.165, 1.54) is 7.11 Å². The van der Waals surface area contributed by atoms with Crippen molar-refractivity contribution in [2.75, 3.05) is 14.2 Å². The first kappa shape index (κ1) is 24.2. The summed E-state index contributed by atoms with van der Waals surface area (Å²) < 4.78 is 12.8. The molecule has 33 heavy (non-hydrogen) atoms. The van der Waals surface area contributed by atoms with Gasteiger partial charge in [0.25, 0.3) is 0 Å². The molecule has 0 saturated heterocycles. The fraction of sp³-hybridized carbons (Fsp3) is 0.370. The van der Waals surface area contributed by atoms with Crippen molar-refractivity contribution in [2.24, 2.45) is 10.4 Å². The maximum Gasteiger partial charge on any atom is 0.308 e. The van der Waals surface area contributed by atoms with Crippen molar-refractivity contribution in [1.29, 1.82) is 5.41 Å². The summed E-state index contributed by atoms with van der Waals surface area (Å²) >= 11 is 0. The first-order chi connectivity index (χ1) is 15.5. The lowest BCUT2D eigenvalue weighted by atomic mass is 9.78. The number of fused-ring (bicyclic) bond motifs is 3. The fourth-order valence-corrected chi connectivity index (χ4v) is 4.28. The Bertz CT molecular complexity index is 1230. The molecule has 2 aromatic rings. The molecule has 1 unspecified atom stereocenters. The van der Waals surface area contributed by atoms with Gasteiger partial charge in [0.2, 0.25) is 0 Å².